The molecule has 0 aromatic carbocycles. The number of amides is 2. The molecule has 0 saturated carbocycles. The summed E-state index contributed by atoms with van der Waals surface area (Å²) in [5, 5.41) is 12.8. The lowest BCUT2D eigenvalue weighted by atomic mass is 10.1. The number of rotatable bonds is 3. The van der Waals surface area contributed by atoms with Crippen LogP contribution in [0, 0.1) is 0 Å². The minimum atomic E-state index is -0.528. The van der Waals surface area contributed by atoms with Gasteiger partial charge in [-0.2, -0.15) is 0 Å². The van der Waals surface area contributed by atoms with E-state index < -0.39 is 12.2 Å². The molecule has 1 unspecified atom stereocenters. The maximum Gasteiger partial charge on any atom is 0.414 e. The Morgan fingerprint density at radius 3 is 3.13 bits per heavy atom. The minimum Gasteiger partial charge on any atom is -0.442 e. The molecule has 2 amide bonds. The van der Waals surface area contributed by atoms with E-state index in [9.17, 15) is 14.7 Å². The van der Waals surface area contributed by atoms with Crippen molar-refractivity contribution in [2.24, 2.45) is 0 Å². The van der Waals surface area contributed by atoms with E-state index in [2.05, 4.69) is 10.3 Å². The van der Waals surface area contributed by atoms with Gasteiger partial charge in [0.1, 0.15) is 6.10 Å². The summed E-state index contributed by atoms with van der Waals surface area (Å²) in [5.74, 6) is -0.153. The van der Waals surface area contributed by atoms with E-state index in [1.807, 2.05) is 6.07 Å². The normalized spacial score (nSPS) is 23.9. The summed E-state index contributed by atoms with van der Waals surface area (Å²) in [4.78, 5) is 28.9. The fourth-order valence-corrected chi connectivity index (χ4v) is 3.04. The van der Waals surface area contributed by atoms with Crippen LogP contribution in [0.15, 0.2) is 12.3 Å². The van der Waals surface area contributed by atoms with Gasteiger partial charge in [0.05, 0.1) is 36.8 Å². The molecule has 2 aliphatic rings. The van der Waals surface area contributed by atoms with Crippen molar-refractivity contribution >= 4 is 17.7 Å². The second-order valence-electron chi connectivity index (χ2n) is 6.05. The Bertz CT molecular complexity index is 619. The molecule has 0 spiro atoms. The number of hydrogen-bond acceptors (Lipinski definition) is 5. The zero-order valence-corrected chi connectivity index (χ0v) is 13.1. The van der Waals surface area contributed by atoms with Crippen molar-refractivity contribution in [2.75, 3.05) is 18.0 Å². The highest BCUT2D eigenvalue weighted by Gasteiger charge is 2.33. The van der Waals surface area contributed by atoms with Gasteiger partial charge in [0.25, 0.3) is 0 Å². The molecule has 1 aromatic heterocycles. The lowest BCUT2D eigenvalue weighted by molar-refractivity contribution is -0.119. The molecule has 0 bridgehead atoms. The Morgan fingerprint density at radius 1 is 1.52 bits per heavy atom. The molecular formula is C16H21N3O4. The summed E-state index contributed by atoms with van der Waals surface area (Å²) >= 11 is 0. The maximum absolute atomic E-state index is 12.0. The van der Waals surface area contributed by atoms with Gasteiger partial charge in [0.15, 0.2) is 0 Å². The Kier molecular flexibility index (Phi) is 4.47. The molecule has 124 valence electrons. The number of aliphatic hydroxyl groups excluding tert-OH is 1. The van der Waals surface area contributed by atoms with Crippen molar-refractivity contribution in [2.45, 2.75) is 44.8 Å². The largest absolute Gasteiger partial charge is 0.442 e. The third kappa shape index (κ3) is 3.44. The van der Waals surface area contributed by atoms with E-state index in [0.717, 1.165) is 31.2 Å². The second-order valence-corrected chi connectivity index (χ2v) is 6.05. The van der Waals surface area contributed by atoms with Gasteiger partial charge in [-0.05, 0) is 30.9 Å². The highest BCUT2D eigenvalue weighted by molar-refractivity contribution is 5.89. The van der Waals surface area contributed by atoms with Crippen LogP contribution in [0.4, 0.5) is 10.5 Å². The number of carbonyl (C=O) groups is 2. The summed E-state index contributed by atoms with van der Waals surface area (Å²) < 4.78 is 5.26. The molecule has 7 nitrogen and oxygen atoms in total. The molecule has 3 rings (SSSR count). The third-order valence-electron chi connectivity index (χ3n) is 4.24. The van der Waals surface area contributed by atoms with Crippen molar-refractivity contribution in [1.82, 2.24) is 10.3 Å². The molecule has 1 saturated heterocycles. The van der Waals surface area contributed by atoms with Gasteiger partial charge in [-0.1, -0.05) is 6.42 Å². The number of aromatic nitrogens is 1. The predicted octanol–water partition coefficient (Wildman–Crippen LogP) is 1.30. The van der Waals surface area contributed by atoms with Gasteiger partial charge in [-0.25, -0.2) is 4.79 Å². The average Bonchev–Trinajstić information content (AvgIpc) is 2.79. The van der Waals surface area contributed by atoms with E-state index in [1.54, 1.807) is 6.20 Å². The summed E-state index contributed by atoms with van der Waals surface area (Å²) in [7, 11) is 0. The number of nitrogens with one attached hydrogen (secondary N) is 1. The Labute approximate surface area is 134 Å². The van der Waals surface area contributed by atoms with Crippen LogP contribution in [0.2, 0.25) is 0 Å². The van der Waals surface area contributed by atoms with Crippen LogP contribution in [-0.4, -0.2) is 41.3 Å². The van der Waals surface area contributed by atoms with Gasteiger partial charge in [0, 0.05) is 6.92 Å². The monoisotopic (exact) mass is 319 g/mol. The van der Waals surface area contributed by atoms with Crippen molar-refractivity contribution in [1.29, 1.82) is 0 Å². The van der Waals surface area contributed by atoms with Crippen molar-refractivity contribution in [3.8, 4) is 0 Å². The van der Waals surface area contributed by atoms with E-state index >= 15 is 0 Å². The first-order chi connectivity index (χ1) is 11.0. The van der Waals surface area contributed by atoms with Crippen molar-refractivity contribution in [3.05, 3.63) is 23.5 Å². The number of aryl methyl sites for hydroxylation is 1. The fraction of sp³-hybridized carbons (Fsp3) is 0.562. The molecule has 7 heteroatoms. The lowest BCUT2D eigenvalue weighted by Crippen LogP contribution is -2.33. The van der Waals surface area contributed by atoms with Gasteiger partial charge in [0.2, 0.25) is 5.91 Å². The Hall–Kier alpha value is -2.15. The van der Waals surface area contributed by atoms with Gasteiger partial charge in [-0.3, -0.25) is 14.7 Å². The van der Waals surface area contributed by atoms with E-state index in [1.165, 1.54) is 11.8 Å². The zero-order chi connectivity index (χ0) is 16.4. The van der Waals surface area contributed by atoms with Crippen molar-refractivity contribution in [3.63, 3.8) is 0 Å². The number of anilines is 1. The smallest absolute Gasteiger partial charge is 0.414 e. The topological polar surface area (TPSA) is 91.8 Å². The van der Waals surface area contributed by atoms with Crippen LogP contribution < -0.4 is 10.2 Å². The van der Waals surface area contributed by atoms with Gasteiger partial charge in [-0.15, -0.1) is 0 Å². The quantitative estimate of drug-likeness (QED) is 0.820. The molecule has 2 N–H and O–H groups in total. The van der Waals surface area contributed by atoms with Crippen molar-refractivity contribution < 1.29 is 19.4 Å². The van der Waals surface area contributed by atoms with E-state index in [4.69, 9.17) is 4.74 Å². The van der Waals surface area contributed by atoms with Crippen LogP contribution in [0.25, 0.3) is 0 Å². The highest BCUT2D eigenvalue weighted by Crippen LogP contribution is 2.30. The van der Waals surface area contributed by atoms with Crippen LogP contribution in [0.1, 0.15) is 43.5 Å². The molecule has 1 fully saturated rings. The molecule has 23 heavy (non-hydrogen) atoms. The number of carbonyl (C=O) groups excluding carboxylic acids is 2. The molecular weight excluding hydrogens is 298 g/mol. The predicted molar refractivity (Wildman–Crippen MR) is 83.1 cm³/mol. The number of aliphatic hydroxyl groups is 1. The molecule has 0 radical (unpaired) electrons. The second kappa shape index (κ2) is 6.54. The SMILES string of the molecule is CC(=O)NC[C@H]1CN(c2cnc3c(c2)CCCCC3O)C(=O)O1. The summed E-state index contributed by atoms with van der Waals surface area (Å²) in [5.41, 5.74) is 2.38. The summed E-state index contributed by atoms with van der Waals surface area (Å²) in [6, 6.07) is 1.92. The van der Waals surface area contributed by atoms with Gasteiger partial charge >= 0.3 is 6.09 Å². The zero-order valence-electron chi connectivity index (χ0n) is 13.1. The molecule has 2 atom stereocenters. The lowest BCUT2D eigenvalue weighted by Gasteiger charge is -2.16. The first kappa shape index (κ1) is 15.7. The number of pyridine rings is 1. The number of hydrogen-bond donors (Lipinski definition) is 2. The Morgan fingerprint density at radius 2 is 2.35 bits per heavy atom. The number of cyclic esters (lactones) is 1. The van der Waals surface area contributed by atoms with Crippen LogP contribution in [-0.2, 0) is 16.0 Å². The van der Waals surface area contributed by atoms with Crippen LogP contribution >= 0.6 is 0 Å². The number of ether oxygens (including phenoxy) is 1. The molecule has 2 heterocycles. The third-order valence-corrected chi connectivity index (χ3v) is 4.24. The molecule has 1 aromatic rings. The molecule has 1 aliphatic heterocycles. The Balaban J connectivity index is 1.75. The average molecular weight is 319 g/mol. The fourth-order valence-electron chi connectivity index (χ4n) is 3.04. The minimum absolute atomic E-state index is 0.153. The first-order valence-electron chi connectivity index (χ1n) is 7.94. The van der Waals surface area contributed by atoms with Gasteiger partial charge < -0.3 is 15.2 Å². The molecule has 1 aliphatic carbocycles. The van der Waals surface area contributed by atoms with E-state index in [-0.39, 0.29) is 12.0 Å². The summed E-state index contributed by atoms with van der Waals surface area (Å²) in [6.45, 7) is 2.10. The summed E-state index contributed by atoms with van der Waals surface area (Å²) in [6.07, 6.45) is 3.83. The van der Waals surface area contributed by atoms with Crippen LogP contribution in [0.5, 0.6) is 0 Å². The first-order valence-corrected chi connectivity index (χ1v) is 7.94. The van der Waals surface area contributed by atoms with Crippen LogP contribution in [0.3, 0.4) is 0 Å². The standard InChI is InChI=1S/C16H21N3O4/c1-10(20)17-8-13-9-19(16(22)23-13)12-6-11-4-2-3-5-14(21)15(11)18-7-12/h6-7,13-14,21H,2-5,8-9H2,1H3,(H,17,20)/t13-,14?/m0/s1. The number of fused-ring (bicyclic) bond motifs is 1. The van der Waals surface area contributed by atoms with E-state index in [0.29, 0.717) is 24.5 Å². The highest BCUT2D eigenvalue weighted by atomic mass is 16.6. The maximum atomic E-state index is 12.0. The number of nitrogens with zero attached hydrogens (tertiary/aromatic N) is 2.